The van der Waals surface area contributed by atoms with Crippen LogP contribution in [0.3, 0.4) is 0 Å². The predicted molar refractivity (Wildman–Crippen MR) is 84.6 cm³/mol. The van der Waals surface area contributed by atoms with Crippen LogP contribution in [0.2, 0.25) is 0 Å². The highest BCUT2D eigenvalue weighted by Gasteiger charge is 2.30. The van der Waals surface area contributed by atoms with Gasteiger partial charge in [0.1, 0.15) is 0 Å². The van der Waals surface area contributed by atoms with Gasteiger partial charge >= 0.3 is 6.18 Å². The van der Waals surface area contributed by atoms with Gasteiger partial charge in [0.25, 0.3) is 5.91 Å². The zero-order valence-corrected chi connectivity index (χ0v) is 12.7. The minimum Gasteiger partial charge on any atom is -0.322 e. The van der Waals surface area contributed by atoms with E-state index in [1.54, 1.807) is 30.3 Å². The molecule has 0 radical (unpaired) electrons. The summed E-state index contributed by atoms with van der Waals surface area (Å²) < 4.78 is 38.0. The smallest absolute Gasteiger partial charge is 0.322 e. The fourth-order valence-corrected chi connectivity index (χ4v) is 1.95. The molecule has 0 aliphatic carbocycles. The third kappa shape index (κ3) is 4.55. The number of amides is 1. The van der Waals surface area contributed by atoms with E-state index in [1.165, 1.54) is 19.1 Å². The van der Waals surface area contributed by atoms with Gasteiger partial charge in [0.2, 0.25) is 0 Å². The standard InChI is InChI=1S/C18H14F3NO2/c1-12(10-16(23)13-6-3-2-4-7-13)17(24)22-15-9-5-8-14(11-15)18(19,20)21/h2-11H,1H3,(H,22,24). The van der Waals surface area contributed by atoms with Crippen LogP contribution >= 0.6 is 0 Å². The lowest BCUT2D eigenvalue weighted by Crippen LogP contribution is -2.15. The van der Waals surface area contributed by atoms with Gasteiger partial charge in [-0.25, -0.2) is 0 Å². The number of carbonyl (C=O) groups excluding carboxylic acids is 2. The van der Waals surface area contributed by atoms with Gasteiger partial charge in [0.15, 0.2) is 5.78 Å². The van der Waals surface area contributed by atoms with Gasteiger partial charge in [-0.15, -0.1) is 0 Å². The molecule has 2 aromatic rings. The third-order valence-electron chi connectivity index (χ3n) is 3.21. The highest BCUT2D eigenvalue weighted by molar-refractivity contribution is 6.12. The average Bonchev–Trinajstić information content (AvgIpc) is 2.55. The summed E-state index contributed by atoms with van der Waals surface area (Å²) in [5, 5.41) is 2.35. The summed E-state index contributed by atoms with van der Waals surface area (Å²) in [6.45, 7) is 1.42. The third-order valence-corrected chi connectivity index (χ3v) is 3.21. The molecule has 6 heteroatoms. The van der Waals surface area contributed by atoms with Gasteiger partial charge in [-0.3, -0.25) is 9.59 Å². The number of hydrogen-bond donors (Lipinski definition) is 1. The average molecular weight is 333 g/mol. The van der Waals surface area contributed by atoms with Crippen LogP contribution in [0.25, 0.3) is 0 Å². The summed E-state index contributed by atoms with van der Waals surface area (Å²) in [6, 6.07) is 12.7. The summed E-state index contributed by atoms with van der Waals surface area (Å²) in [6.07, 6.45) is -3.34. The molecule has 0 bridgehead atoms. The maximum absolute atomic E-state index is 12.7. The molecule has 2 aromatic carbocycles. The Balaban J connectivity index is 2.12. The maximum Gasteiger partial charge on any atom is 0.416 e. The van der Waals surface area contributed by atoms with Crippen LogP contribution in [0.15, 0.2) is 66.2 Å². The zero-order chi connectivity index (χ0) is 17.7. The number of halogens is 3. The van der Waals surface area contributed by atoms with Crippen LogP contribution in [0.4, 0.5) is 18.9 Å². The highest BCUT2D eigenvalue weighted by Crippen LogP contribution is 2.30. The van der Waals surface area contributed by atoms with E-state index < -0.39 is 17.6 Å². The molecule has 0 aliphatic rings. The molecule has 0 aromatic heterocycles. The Bertz CT molecular complexity index is 780. The fraction of sp³-hybridized carbons (Fsp3) is 0.111. The van der Waals surface area contributed by atoms with Crippen molar-refractivity contribution in [1.29, 1.82) is 0 Å². The molecule has 0 spiro atoms. The van der Waals surface area contributed by atoms with Crippen molar-refractivity contribution >= 4 is 17.4 Å². The second-order valence-electron chi connectivity index (χ2n) is 5.09. The Kier molecular flexibility index (Phi) is 5.18. The molecule has 0 saturated carbocycles. The second-order valence-corrected chi connectivity index (χ2v) is 5.09. The number of ketones is 1. The number of allylic oxidation sites excluding steroid dienone is 1. The molecule has 0 fully saturated rings. The molecule has 1 amide bonds. The van der Waals surface area contributed by atoms with Crippen molar-refractivity contribution < 1.29 is 22.8 Å². The Morgan fingerprint density at radius 3 is 2.29 bits per heavy atom. The maximum atomic E-state index is 12.7. The first-order chi connectivity index (χ1) is 11.3. The number of nitrogens with one attached hydrogen (secondary N) is 1. The van der Waals surface area contributed by atoms with Crippen LogP contribution in [0, 0.1) is 0 Å². The van der Waals surface area contributed by atoms with E-state index in [0.717, 1.165) is 18.2 Å². The van der Waals surface area contributed by atoms with Crippen LogP contribution in [-0.4, -0.2) is 11.7 Å². The van der Waals surface area contributed by atoms with Crippen LogP contribution in [0.5, 0.6) is 0 Å². The van der Waals surface area contributed by atoms with Crippen molar-refractivity contribution in [3.63, 3.8) is 0 Å². The Morgan fingerprint density at radius 1 is 1.00 bits per heavy atom. The Labute approximate surface area is 136 Å². The first kappa shape index (κ1) is 17.5. The molecule has 124 valence electrons. The van der Waals surface area contributed by atoms with Crippen molar-refractivity contribution in [3.8, 4) is 0 Å². The molecule has 1 N–H and O–H groups in total. The summed E-state index contributed by atoms with van der Waals surface area (Å²) in [7, 11) is 0. The summed E-state index contributed by atoms with van der Waals surface area (Å²) in [5.41, 5.74) is -0.331. The van der Waals surface area contributed by atoms with Crippen molar-refractivity contribution in [2.75, 3.05) is 5.32 Å². The molecule has 0 saturated heterocycles. The minimum absolute atomic E-state index is 0.00901. The molecule has 0 atom stereocenters. The molecule has 2 rings (SSSR count). The molecule has 3 nitrogen and oxygen atoms in total. The van der Waals surface area contributed by atoms with Gasteiger partial charge < -0.3 is 5.32 Å². The molecule has 0 unspecified atom stereocenters. The lowest BCUT2D eigenvalue weighted by molar-refractivity contribution is -0.137. The van der Waals surface area contributed by atoms with Gasteiger partial charge in [-0.1, -0.05) is 36.4 Å². The van der Waals surface area contributed by atoms with E-state index >= 15 is 0 Å². The van der Waals surface area contributed by atoms with Crippen molar-refractivity contribution in [2.45, 2.75) is 13.1 Å². The van der Waals surface area contributed by atoms with E-state index in [2.05, 4.69) is 5.32 Å². The lowest BCUT2D eigenvalue weighted by atomic mass is 10.1. The number of carbonyl (C=O) groups is 2. The summed E-state index contributed by atoms with van der Waals surface area (Å²) >= 11 is 0. The van der Waals surface area contributed by atoms with E-state index in [4.69, 9.17) is 0 Å². The number of benzene rings is 2. The predicted octanol–water partition coefficient (Wildman–Crippen LogP) is 4.47. The molecular formula is C18H14F3NO2. The van der Waals surface area contributed by atoms with E-state index in [-0.39, 0.29) is 17.0 Å². The number of hydrogen-bond acceptors (Lipinski definition) is 2. The lowest BCUT2D eigenvalue weighted by Gasteiger charge is -2.10. The first-order valence-electron chi connectivity index (χ1n) is 7.03. The monoisotopic (exact) mass is 333 g/mol. The molecule has 0 heterocycles. The van der Waals surface area contributed by atoms with Crippen molar-refractivity contribution in [1.82, 2.24) is 0 Å². The van der Waals surface area contributed by atoms with E-state index in [0.29, 0.717) is 5.56 Å². The SMILES string of the molecule is CC(=CC(=O)c1ccccc1)C(=O)Nc1cccc(C(F)(F)F)c1. The Hall–Kier alpha value is -2.89. The largest absolute Gasteiger partial charge is 0.416 e. The molecule has 0 aliphatic heterocycles. The summed E-state index contributed by atoms with van der Waals surface area (Å²) in [4.78, 5) is 24.0. The van der Waals surface area contributed by atoms with Crippen LogP contribution in [-0.2, 0) is 11.0 Å². The highest BCUT2D eigenvalue weighted by atomic mass is 19.4. The summed E-state index contributed by atoms with van der Waals surface area (Å²) in [5.74, 6) is -0.995. The van der Waals surface area contributed by atoms with E-state index in [9.17, 15) is 22.8 Å². The van der Waals surface area contributed by atoms with E-state index in [1.807, 2.05) is 0 Å². The van der Waals surface area contributed by atoms with Crippen molar-refractivity contribution in [2.24, 2.45) is 0 Å². The quantitative estimate of drug-likeness (QED) is 0.663. The molecule has 24 heavy (non-hydrogen) atoms. The van der Waals surface area contributed by atoms with Gasteiger partial charge in [-0.05, 0) is 31.2 Å². The zero-order valence-electron chi connectivity index (χ0n) is 12.7. The van der Waals surface area contributed by atoms with Gasteiger partial charge in [-0.2, -0.15) is 13.2 Å². The fourth-order valence-electron chi connectivity index (χ4n) is 1.95. The van der Waals surface area contributed by atoms with Gasteiger partial charge in [0.05, 0.1) is 5.56 Å². The number of alkyl halides is 3. The Morgan fingerprint density at radius 2 is 1.67 bits per heavy atom. The van der Waals surface area contributed by atoms with Gasteiger partial charge in [0, 0.05) is 16.8 Å². The minimum atomic E-state index is -4.49. The number of anilines is 1. The van der Waals surface area contributed by atoms with Crippen molar-refractivity contribution in [3.05, 3.63) is 77.4 Å². The first-order valence-corrected chi connectivity index (χ1v) is 7.03. The topological polar surface area (TPSA) is 46.2 Å². The van der Waals surface area contributed by atoms with Crippen LogP contribution in [0.1, 0.15) is 22.8 Å². The normalized spacial score (nSPS) is 11.9. The number of rotatable bonds is 4. The second kappa shape index (κ2) is 7.12. The van der Waals surface area contributed by atoms with Crippen LogP contribution < -0.4 is 5.32 Å². The molecular weight excluding hydrogens is 319 g/mol.